The minimum atomic E-state index is -1.20. The van der Waals surface area contributed by atoms with Crippen LogP contribution in [0.3, 0.4) is 0 Å². The topological polar surface area (TPSA) is 179 Å². The van der Waals surface area contributed by atoms with E-state index in [9.17, 15) is 29.4 Å². The van der Waals surface area contributed by atoms with Crippen LogP contribution >= 0.6 is 11.6 Å². The number of halogens is 1. The maximum atomic E-state index is 13.6. The van der Waals surface area contributed by atoms with E-state index in [1.807, 2.05) is 9.80 Å². The van der Waals surface area contributed by atoms with Crippen LogP contribution in [-0.2, 0) is 34.0 Å². The molecule has 0 bridgehead atoms. The molecular weight excluding hydrogens is 676 g/mol. The van der Waals surface area contributed by atoms with E-state index < -0.39 is 24.5 Å². The van der Waals surface area contributed by atoms with E-state index >= 15 is 0 Å². The number of aromatic nitrogens is 1. The number of rotatable bonds is 16. The van der Waals surface area contributed by atoms with Crippen LogP contribution in [0.4, 0.5) is 0 Å². The highest BCUT2D eigenvalue weighted by Gasteiger charge is 2.41. The van der Waals surface area contributed by atoms with Gasteiger partial charge >= 0.3 is 5.97 Å². The summed E-state index contributed by atoms with van der Waals surface area (Å²) in [6.07, 6.45) is 11.4. The number of nitrogens with one attached hydrogen (secondary N) is 1. The van der Waals surface area contributed by atoms with Gasteiger partial charge in [0.2, 0.25) is 17.7 Å². The third kappa shape index (κ3) is 10.6. The fourth-order valence-corrected chi connectivity index (χ4v) is 7.90. The van der Waals surface area contributed by atoms with E-state index in [-0.39, 0.29) is 42.4 Å². The number of primary amides is 1. The number of carboxylic acid groups (broad SMARTS) is 1. The Morgan fingerprint density at radius 3 is 2.27 bits per heavy atom. The van der Waals surface area contributed by atoms with Gasteiger partial charge in [0.25, 0.3) is 0 Å². The first-order valence-electron chi connectivity index (χ1n) is 18.1. The van der Waals surface area contributed by atoms with E-state index in [0.717, 1.165) is 58.3 Å². The standard InChI is InChI=1S/C37H51ClN6O7/c38-30-17-28(21-41-31(22-45)36(49)50)32(51-23-26-16-29(35(39)48)20-40-19-26)18-27(30)7-8-34(47)44-15-5-10-37(25-44)9-4-14-43(24-37)33(46)6-3-13-42-11-1-2-12-42/h16-20,31,41,45H,1-15,21-25H2,(H2,39,48)(H,49,50). The second kappa shape index (κ2) is 18.1. The lowest BCUT2D eigenvalue weighted by Crippen LogP contribution is -2.54. The third-order valence-corrected chi connectivity index (χ3v) is 10.8. The molecule has 51 heavy (non-hydrogen) atoms. The van der Waals surface area contributed by atoms with Crippen molar-refractivity contribution in [1.82, 2.24) is 25.0 Å². The van der Waals surface area contributed by atoms with E-state index in [2.05, 4.69) is 15.2 Å². The van der Waals surface area contributed by atoms with Gasteiger partial charge in [-0.1, -0.05) is 11.6 Å². The zero-order valence-electron chi connectivity index (χ0n) is 29.3. The van der Waals surface area contributed by atoms with Gasteiger partial charge in [-0.2, -0.15) is 0 Å². The smallest absolute Gasteiger partial charge is 0.323 e. The Kier molecular flexibility index (Phi) is 13.7. The monoisotopic (exact) mass is 726 g/mol. The lowest BCUT2D eigenvalue weighted by molar-refractivity contribution is -0.141. The number of aliphatic hydroxyl groups is 1. The number of aryl methyl sites for hydroxylation is 1. The Hall–Kier alpha value is -3.78. The summed E-state index contributed by atoms with van der Waals surface area (Å²) in [7, 11) is 0. The molecule has 5 N–H and O–H groups in total. The molecule has 278 valence electrons. The number of likely N-dealkylation sites (tertiary alicyclic amines) is 3. The van der Waals surface area contributed by atoms with Crippen molar-refractivity contribution in [3.8, 4) is 5.75 Å². The summed E-state index contributed by atoms with van der Waals surface area (Å²) >= 11 is 6.71. The summed E-state index contributed by atoms with van der Waals surface area (Å²) < 4.78 is 6.13. The molecular formula is C37H51ClN6O7. The molecule has 14 heteroatoms. The van der Waals surface area contributed by atoms with Crippen LogP contribution in [0, 0.1) is 5.41 Å². The molecule has 0 aliphatic carbocycles. The zero-order valence-corrected chi connectivity index (χ0v) is 30.0. The van der Waals surface area contributed by atoms with Crippen molar-refractivity contribution < 1.29 is 34.1 Å². The van der Waals surface area contributed by atoms with Crippen molar-refractivity contribution in [3.63, 3.8) is 0 Å². The number of benzene rings is 1. The average Bonchev–Trinajstić information content (AvgIpc) is 3.64. The Bertz CT molecular complexity index is 1550. The van der Waals surface area contributed by atoms with Crippen molar-refractivity contribution in [1.29, 1.82) is 0 Å². The molecule has 3 saturated heterocycles. The van der Waals surface area contributed by atoms with Gasteiger partial charge in [0, 0.05) is 79.5 Å². The normalized spacial score (nSPS) is 20.0. The molecule has 3 fully saturated rings. The van der Waals surface area contributed by atoms with Gasteiger partial charge in [-0.3, -0.25) is 29.5 Å². The maximum absolute atomic E-state index is 13.6. The van der Waals surface area contributed by atoms with Crippen LogP contribution in [-0.4, -0.2) is 112 Å². The molecule has 13 nitrogen and oxygen atoms in total. The number of aliphatic hydroxyl groups excluding tert-OH is 1. The van der Waals surface area contributed by atoms with Crippen LogP contribution in [0.2, 0.25) is 5.02 Å². The number of ether oxygens (including phenoxy) is 1. The highest BCUT2D eigenvalue weighted by Crippen LogP contribution is 2.39. The van der Waals surface area contributed by atoms with E-state index in [0.29, 0.717) is 59.9 Å². The summed E-state index contributed by atoms with van der Waals surface area (Å²) in [5.41, 5.74) is 7.41. The second-order valence-corrected chi connectivity index (χ2v) is 14.6. The van der Waals surface area contributed by atoms with E-state index in [4.69, 9.17) is 22.1 Å². The Labute approximate surface area is 304 Å². The van der Waals surface area contributed by atoms with Crippen molar-refractivity contribution in [2.45, 2.75) is 83.4 Å². The summed E-state index contributed by atoms with van der Waals surface area (Å²) in [5.74, 6) is -1.14. The quantitative estimate of drug-likeness (QED) is 0.201. The number of aliphatic carboxylic acids is 1. The highest BCUT2D eigenvalue weighted by molar-refractivity contribution is 6.31. The van der Waals surface area contributed by atoms with E-state index in [1.54, 1.807) is 24.4 Å². The van der Waals surface area contributed by atoms with E-state index in [1.165, 1.54) is 19.0 Å². The van der Waals surface area contributed by atoms with Gasteiger partial charge in [-0.15, -0.1) is 0 Å². The predicted molar refractivity (Wildman–Crippen MR) is 191 cm³/mol. The largest absolute Gasteiger partial charge is 0.489 e. The lowest BCUT2D eigenvalue weighted by atomic mass is 9.73. The van der Waals surface area contributed by atoms with Crippen molar-refractivity contribution in [2.75, 3.05) is 52.4 Å². The highest BCUT2D eigenvalue weighted by atomic mass is 35.5. The maximum Gasteiger partial charge on any atom is 0.323 e. The van der Waals surface area contributed by atoms with Gasteiger partial charge in [0.1, 0.15) is 18.4 Å². The zero-order chi connectivity index (χ0) is 36.4. The summed E-state index contributed by atoms with van der Waals surface area (Å²) in [5, 5.41) is 22.1. The van der Waals surface area contributed by atoms with Gasteiger partial charge in [0.05, 0.1) is 12.2 Å². The van der Waals surface area contributed by atoms with Crippen LogP contribution in [0.25, 0.3) is 0 Å². The van der Waals surface area contributed by atoms with Gasteiger partial charge in [0.15, 0.2) is 0 Å². The fourth-order valence-electron chi connectivity index (χ4n) is 7.62. The van der Waals surface area contributed by atoms with Gasteiger partial charge in [-0.25, -0.2) is 0 Å². The van der Waals surface area contributed by atoms with Crippen LogP contribution in [0.1, 0.15) is 84.8 Å². The minimum Gasteiger partial charge on any atom is -0.489 e. The lowest BCUT2D eigenvalue weighted by Gasteiger charge is -2.48. The number of carbonyl (C=O) groups is 4. The van der Waals surface area contributed by atoms with Crippen LogP contribution < -0.4 is 15.8 Å². The number of carbonyl (C=O) groups excluding carboxylic acids is 3. The summed E-state index contributed by atoms with van der Waals surface area (Å²) in [6.45, 7) is 5.57. The third-order valence-electron chi connectivity index (χ3n) is 10.4. The molecule has 3 amide bonds. The van der Waals surface area contributed by atoms with Gasteiger partial charge in [-0.05, 0) is 94.8 Å². The first-order chi connectivity index (χ1) is 24.6. The number of amides is 3. The Balaban J connectivity index is 1.21. The molecule has 3 aliphatic heterocycles. The molecule has 1 aromatic heterocycles. The number of nitrogens with zero attached hydrogens (tertiary/aromatic N) is 4. The second-order valence-electron chi connectivity index (χ2n) is 14.2. The number of carboxylic acids is 1. The number of pyridine rings is 1. The minimum absolute atomic E-state index is 0.0361. The average molecular weight is 727 g/mol. The molecule has 3 aliphatic rings. The number of piperidine rings is 2. The number of hydrogen-bond acceptors (Lipinski definition) is 9. The summed E-state index contributed by atoms with van der Waals surface area (Å²) in [4.78, 5) is 60.4. The molecule has 1 aromatic carbocycles. The predicted octanol–water partition coefficient (Wildman–Crippen LogP) is 2.99. The first-order valence-corrected chi connectivity index (χ1v) is 18.5. The number of hydrogen-bond donors (Lipinski definition) is 4. The SMILES string of the molecule is NC(=O)c1cncc(COc2cc(CCC(=O)N3CCCC4(CCCN(C(=O)CCCN5CCCC5)C4)C3)c(Cl)cc2CNC(CO)C(=O)O)c1. The summed E-state index contributed by atoms with van der Waals surface area (Å²) in [6, 6.07) is 3.82. The van der Waals surface area contributed by atoms with Crippen molar-refractivity contribution in [3.05, 3.63) is 57.9 Å². The molecule has 2 atom stereocenters. The van der Waals surface area contributed by atoms with Crippen LogP contribution in [0.15, 0.2) is 30.6 Å². The molecule has 0 saturated carbocycles. The Morgan fingerprint density at radius 1 is 0.941 bits per heavy atom. The molecule has 5 rings (SSSR count). The fraction of sp³-hybridized carbons (Fsp3) is 0.595. The van der Waals surface area contributed by atoms with Gasteiger partial charge < -0.3 is 35.4 Å². The molecule has 2 aromatic rings. The molecule has 2 unspecified atom stereocenters. The number of nitrogens with two attached hydrogens (primary N) is 1. The molecule has 0 radical (unpaired) electrons. The Morgan fingerprint density at radius 2 is 1.63 bits per heavy atom. The molecule has 4 heterocycles. The van der Waals surface area contributed by atoms with Crippen molar-refractivity contribution in [2.24, 2.45) is 11.1 Å². The van der Waals surface area contributed by atoms with Crippen LogP contribution in [0.5, 0.6) is 5.75 Å². The van der Waals surface area contributed by atoms with Crippen molar-refractivity contribution >= 4 is 35.3 Å². The molecule has 1 spiro atoms. The first kappa shape index (κ1) is 38.5.